The van der Waals surface area contributed by atoms with Gasteiger partial charge in [0.25, 0.3) is 0 Å². The monoisotopic (exact) mass is 275 g/mol. The molecule has 0 aromatic heterocycles. The van der Waals surface area contributed by atoms with Crippen molar-refractivity contribution in [1.82, 2.24) is 0 Å². The van der Waals surface area contributed by atoms with Gasteiger partial charge in [-0.1, -0.05) is 45.2 Å². The Morgan fingerprint density at radius 1 is 1.20 bits per heavy atom. The molecule has 0 saturated heterocycles. The van der Waals surface area contributed by atoms with Crippen LogP contribution in [0.25, 0.3) is 0 Å². The first-order chi connectivity index (χ1) is 9.70. The Morgan fingerprint density at radius 2 is 1.95 bits per heavy atom. The molecule has 2 rings (SSSR count). The molecule has 1 fully saturated rings. The minimum atomic E-state index is 0.484. The average Bonchev–Trinajstić information content (AvgIpc) is 2.52. The summed E-state index contributed by atoms with van der Waals surface area (Å²) < 4.78 is 6.02. The van der Waals surface area contributed by atoms with Gasteiger partial charge in [0.05, 0.1) is 6.61 Å². The topological polar surface area (TPSA) is 35.2 Å². The van der Waals surface area contributed by atoms with Crippen LogP contribution in [0.5, 0.6) is 5.75 Å². The maximum Gasteiger partial charge on any atom is 0.119 e. The van der Waals surface area contributed by atoms with Crippen LogP contribution in [0.4, 0.5) is 0 Å². The normalized spacial score (nSPS) is 19.6. The zero-order chi connectivity index (χ0) is 14.4. The van der Waals surface area contributed by atoms with Crippen molar-refractivity contribution < 1.29 is 4.74 Å². The summed E-state index contributed by atoms with van der Waals surface area (Å²) in [7, 11) is 0. The van der Waals surface area contributed by atoms with Gasteiger partial charge in [0.2, 0.25) is 0 Å². The van der Waals surface area contributed by atoms with Crippen LogP contribution in [0.1, 0.15) is 57.4 Å². The molecule has 0 spiro atoms. The summed E-state index contributed by atoms with van der Waals surface area (Å²) in [6.45, 7) is 6.07. The van der Waals surface area contributed by atoms with Crippen LogP contribution in [0, 0.1) is 11.8 Å². The first kappa shape index (κ1) is 15.4. The van der Waals surface area contributed by atoms with Crippen molar-refractivity contribution in [3.8, 4) is 5.75 Å². The Labute approximate surface area is 123 Å². The number of benzene rings is 1. The van der Waals surface area contributed by atoms with Crippen molar-refractivity contribution in [1.29, 1.82) is 0 Å². The number of ether oxygens (including phenoxy) is 1. The second kappa shape index (κ2) is 7.68. The Kier molecular flexibility index (Phi) is 5.90. The molecular weight excluding hydrogens is 246 g/mol. The van der Waals surface area contributed by atoms with Crippen molar-refractivity contribution >= 4 is 0 Å². The molecule has 20 heavy (non-hydrogen) atoms. The molecule has 0 unspecified atom stereocenters. The van der Waals surface area contributed by atoms with Gasteiger partial charge in [0, 0.05) is 0 Å². The van der Waals surface area contributed by atoms with Crippen LogP contribution in [0.15, 0.2) is 24.3 Å². The van der Waals surface area contributed by atoms with E-state index in [1.54, 1.807) is 0 Å². The maximum absolute atomic E-state index is 6.02. The van der Waals surface area contributed by atoms with Gasteiger partial charge in [-0.05, 0) is 54.8 Å². The summed E-state index contributed by atoms with van der Waals surface area (Å²) in [6, 6.07) is 8.56. The predicted molar refractivity (Wildman–Crippen MR) is 85.1 cm³/mol. The van der Waals surface area contributed by atoms with E-state index in [-0.39, 0.29) is 0 Å². The third-order valence-electron chi connectivity index (χ3n) is 4.82. The van der Waals surface area contributed by atoms with E-state index in [0.717, 1.165) is 24.8 Å². The van der Waals surface area contributed by atoms with Crippen molar-refractivity contribution in [2.45, 2.75) is 51.9 Å². The highest BCUT2D eigenvalue weighted by atomic mass is 16.5. The lowest BCUT2D eigenvalue weighted by molar-refractivity contribution is 0.208. The average molecular weight is 275 g/mol. The summed E-state index contributed by atoms with van der Waals surface area (Å²) in [4.78, 5) is 0. The molecule has 1 saturated carbocycles. The fourth-order valence-corrected chi connectivity index (χ4v) is 2.99. The van der Waals surface area contributed by atoms with Crippen LogP contribution in [0.3, 0.4) is 0 Å². The molecule has 2 nitrogen and oxygen atoms in total. The van der Waals surface area contributed by atoms with E-state index in [2.05, 4.69) is 38.1 Å². The van der Waals surface area contributed by atoms with E-state index in [1.807, 2.05) is 0 Å². The minimum absolute atomic E-state index is 0.484. The second-order valence-corrected chi connectivity index (χ2v) is 6.39. The molecule has 1 aliphatic rings. The molecular formula is C18H29NO. The van der Waals surface area contributed by atoms with Gasteiger partial charge in [-0.2, -0.15) is 0 Å². The van der Waals surface area contributed by atoms with E-state index in [0.29, 0.717) is 11.8 Å². The highest BCUT2D eigenvalue weighted by Crippen LogP contribution is 2.28. The van der Waals surface area contributed by atoms with E-state index >= 15 is 0 Å². The van der Waals surface area contributed by atoms with Crippen molar-refractivity contribution in [3.63, 3.8) is 0 Å². The minimum Gasteiger partial charge on any atom is -0.493 e. The van der Waals surface area contributed by atoms with Gasteiger partial charge >= 0.3 is 0 Å². The molecule has 0 aliphatic heterocycles. The quantitative estimate of drug-likeness (QED) is 0.838. The SMILES string of the molecule is C[C@H](c1cccc(OCC2CCCCC2)c1)[C@@H](C)CN. The van der Waals surface area contributed by atoms with Gasteiger partial charge < -0.3 is 10.5 Å². The Hall–Kier alpha value is -1.02. The number of nitrogens with two attached hydrogens (primary N) is 1. The first-order valence-corrected chi connectivity index (χ1v) is 8.13. The molecule has 1 aliphatic carbocycles. The van der Waals surface area contributed by atoms with Crippen LogP contribution >= 0.6 is 0 Å². The highest BCUT2D eigenvalue weighted by molar-refractivity contribution is 5.31. The predicted octanol–water partition coefficient (Wildman–Crippen LogP) is 4.34. The molecule has 0 radical (unpaired) electrons. The number of rotatable bonds is 6. The molecule has 1 aromatic carbocycles. The van der Waals surface area contributed by atoms with Crippen LogP contribution < -0.4 is 10.5 Å². The van der Waals surface area contributed by atoms with Crippen molar-refractivity contribution in [3.05, 3.63) is 29.8 Å². The lowest BCUT2D eigenvalue weighted by Gasteiger charge is -2.22. The molecule has 0 bridgehead atoms. The van der Waals surface area contributed by atoms with Gasteiger partial charge in [-0.3, -0.25) is 0 Å². The van der Waals surface area contributed by atoms with Crippen molar-refractivity contribution in [2.75, 3.05) is 13.2 Å². The molecule has 2 heteroatoms. The second-order valence-electron chi connectivity index (χ2n) is 6.39. The number of hydrogen-bond donors (Lipinski definition) is 1. The van der Waals surface area contributed by atoms with Gasteiger partial charge in [-0.25, -0.2) is 0 Å². The smallest absolute Gasteiger partial charge is 0.119 e. The highest BCUT2D eigenvalue weighted by Gasteiger charge is 2.15. The third-order valence-corrected chi connectivity index (χ3v) is 4.82. The summed E-state index contributed by atoms with van der Waals surface area (Å²) in [5.41, 5.74) is 7.11. The lowest BCUT2D eigenvalue weighted by atomic mass is 9.89. The van der Waals surface area contributed by atoms with E-state index < -0.39 is 0 Å². The molecule has 2 atom stereocenters. The molecule has 0 amide bonds. The molecule has 0 heterocycles. The largest absolute Gasteiger partial charge is 0.493 e. The summed E-state index contributed by atoms with van der Waals surface area (Å²) >= 11 is 0. The summed E-state index contributed by atoms with van der Waals surface area (Å²) in [5.74, 6) is 2.76. The standard InChI is InChI=1S/C18H29NO/c1-14(12-19)15(2)17-9-6-10-18(11-17)20-13-16-7-4-3-5-8-16/h6,9-11,14-16H,3-5,7-8,12-13,19H2,1-2H3/t14-,15-/m0/s1. The van der Waals surface area contributed by atoms with Crippen molar-refractivity contribution in [2.24, 2.45) is 17.6 Å². The summed E-state index contributed by atoms with van der Waals surface area (Å²) in [6.07, 6.45) is 6.82. The van der Waals surface area contributed by atoms with Crippen LogP contribution in [-0.2, 0) is 0 Å². The lowest BCUT2D eigenvalue weighted by Crippen LogP contribution is -2.17. The van der Waals surface area contributed by atoms with Crippen LogP contribution in [0.2, 0.25) is 0 Å². The molecule has 2 N–H and O–H groups in total. The first-order valence-electron chi connectivity index (χ1n) is 8.13. The van der Waals surface area contributed by atoms with Gasteiger partial charge in [0.15, 0.2) is 0 Å². The Bertz CT molecular complexity index is 398. The fraction of sp³-hybridized carbons (Fsp3) is 0.667. The fourth-order valence-electron chi connectivity index (χ4n) is 2.99. The Morgan fingerprint density at radius 3 is 2.65 bits per heavy atom. The third kappa shape index (κ3) is 4.24. The maximum atomic E-state index is 6.02. The van der Waals surface area contributed by atoms with Gasteiger partial charge in [0.1, 0.15) is 5.75 Å². The van der Waals surface area contributed by atoms with Crippen LogP contribution in [-0.4, -0.2) is 13.2 Å². The van der Waals surface area contributed by atoms with Gasteiger partial charge in [-0.15, -0.1) is 0 Å². The summed E-state index contributed by atoms with van der Waals surface area (Å²) in [5, 5.41) is 0. The zero-order valence-electron chi connectivity index (χ0n) is 13.0. The zero-order valence-corrected chi connectivity index (χ0v) is 13.0. The van der Waals surface area contributed by atoms with E-state index in [4.69, 9.17) is 10.5 Å². The number of hydrogen-bond acceptors (Lipinski definition) is 2. The molecule has 1 aromatic rings. The van der Waals surface area contributed by atoms with E-state index in [1.165, 1.54) is 37.7 Å². The van der Waals surface area contributed by atoms with E-state index in [9.17, 15) is 0 Å². The molecule has 112 valence electrons. The Balaban J connectivity index is 1.91.